The number of carbonyl (C=O) groups is 1. The zero-order chi connectivity index (χ0) is 22.7. The molecule has 0 aliphatic carbocycles. The summed E-state index contributed by atoms with van der Waals surface area (Å²) in [6.45, 7) is 7.04. The number of nitrogens with one attached hydrogen (secondary N) is 1. The fraction of sp³-hybridized carbons (Fsp3) is 0.435. The highest BCUT2D eigenvalue weighted by Crippen LogP contribution is 2.27. The van der Waals surface area contributed by atoms with Crippen LogP contribution in [0.4, 0.5) is 16.7 Å². The van der Waals surface area contributed by atoms with Gasteiger partial charge in [0.05, 0.1) is 18.7 Å². The number of carbonyl (C=O) groups excluding carboxylic acids is 1. The molecule has 0 radical (unpaired) electrons. The molecule has 1 fully saturated rings. The highest BCUT2D eigenvalue weighted by atomic mass is 16.6. The van der Waals surface area contributed by atoms with E-state index in [1.165, 1.54) is 16.8 Å². The number of hydrogen-bond acceptors (Lipinski definition) is 8. The molecule has 3 aromatic rings. The third-order valence-electron chi connectivity index (χ3n) is 5.56. The first-order valence-electron chi connectivity index (χ1n) is 10.8. The molecular weight excluding hydrogens is 408 g/mol. The molecule has 0 bridgehead atoms. The van der Waals surface area contributed by atoms with Crippen LogP contribution in [0.1, 0.15) is 38.3 Å². The Bertz CT molecular complexity index is 1120. The summed E-state index contributed by atoms with van der Waals surface area (Å²) < 4.78 is 10.7. The predicted octanol–water partition coefficient (Wildman–Crippen LogP) is 3.97. The van der Waals surface area contributed by atoms with Crippen LogP contribution in [-0.4, -0.2) is 45.8 Å². The molecule has 1 aromatic carbocycles. The van der Waals surface area contributed by atoms with Gasteiger partial charge in [-0.25, -0.2) is 19.7 Å². The second kappa shape index (κ2) is 9.33. The Labute approximate surface area is 187 Å². The summed E-state index contributed by atoms with van der Waals surface area (Å²) in [6.07, 6.45) is 4.78. The number of nitrogens with zero attached hydrogens (tertiary/aromatic N) is 5. The maximum Gasteiger partial charge on any atom is 0.417 e. The van der Waals surface area contributed by atoms with Crippen LogP contribution in [0.25, 0.3) is 10.9 Å². The van der Waals surface area contributed by atoms with Crippen LogP contribution in [0.5, 0.6) is 5.75 Å². The van der Waals surface area contributed by atoms with Crippen LogP contribution in [0.2, 0.25) is 0 Å². The molecule has 1 aliphatic rings. The number of amides is 1. The second-order valence-electron chi connectivity index (χ2n) is 8.17. The third-order valence-corrected chi connectivity index (χ3v) is 5.56. The van der Waals surface area contributed by atoms with Gasteiger partial charge in [0, 0.05) is 24.2 Å². The van der Waals surface area contributed by atoms with Gasteiger partial charge in [0.2, 0.25) is 11.9 Å². The van der Waals surface area contributed by atoms with E-state index in [1.54, 1.807) is 7.11 Å². The first-order chi connectivity index (χ1) is 15.5. The van der Waals surface area contributed by atoms with Crippen molar-refractivity contribution >= 4 is 28.9 Å². The Hall–Kier alpha value is -3.49. The van der Waals surface area contributed by atoms with Crippen LogP contribution in [-0.2, 0) is 17.7 Å². The molecule has 9 heteroatoms. The molecule has 32 heavy (non-hydrogen) atoms. The minimum atomic E-state index is -0.433. The number of rotatable bonds is 8. The molecule has 1 saturated heterocycles. The summed E-state index contributed by atoms with van der Waals surface area (Å²) in [6, 6.07) is 6.12. The Balaban J connectivity index is 1.52. The fourth-order valence-electron chi connectivity index (χ4n) is 3.83. The lowest BCUT2D eigenvalue weighted by Crippen LogP contribution is -2.38. The molecule has 2 aromatic heterocycles. The maximum absolute atomic E-state index is 12.2. The Morgan fingerprint density at radius 3 is 2.84 bits per heavy atom. The van der Waals surface area contributed by atoms with E-state index in [0.29, 0.717) is 19.1 Å². The number of ether oxygens (including phenoxy) is 2. The van der Waals surface area contributed by atoms with E-state index in [2.05, 4.69) is 44.3 Å². The Kier molecular flexibility index (Phi) is 6.34. The van der Waals surface area contributed by atoms with Crippen LogP contribution < -0.4 is 15.0 Å². The van der Waals surface area contributed by atoms with Crippen molar-refractivity contribution in [1.82, 2.24) is 19.9 Å². The molecule has 1 atom stereocenters. The van der Waals surface area contributed by atoms with Crippen molar-refractivity contribution in [2.24, 2.45) is 5.92 Å². The molecule has 1 aliphatic heterocycles. The summed E-state index contributed by atoms with van der Waals surface area (Å²) in [5, 5.41) is 4.26. The maximum atomic E-state index is 12.2. The molecule has 0 spiro atoms. The van der Waals surface area contributed by atoms with Crippen molar-refractivity contribution in [3.05, 3.63) is 41.9 Å². The lowest BCUT2D eigenvalue weighted by atomic mass is 10.0. The molecule has 168 valence electrons. The lowest BCUT2D eigenvalue weighted by molar-refractivity contribution is 0.177. The van der Waals surface area contributed by atoms with E-state index in [-0.39, 0.29) is 17.9 Å². The van der Waals surface area contributed by atoms with Gasteiger partial charge in [0.1, 0.15) is 18.7 Å². The number of cyclic esters (lactones) is 1. The summed E-state index contributed by atoms with van der Waals surface area (Å²) >= 11 is 0. The zero-order valence-corrected chi connectivity index (χ0v) is 18.8. The summed E-state index contributed by atoms with van der Waals surface area (Å²) in [4.78, 5) is 31.1. The minimum Gasteiger partial charge on any atom is -0.496 e. The fourth-order valence-corrected chi connectivity index (χ4v) is 3.83. The molecule has 3 heterocycles. The average Bonchev–Trinajstić information content (AvgIpc) is 3.19. The van der Waals surface area contributed by atoms with E-state index in [9.17, 15) is 4.79 Å². The van der Waals surface area contributed by atoms with E-state index in [1.807, 2.05) is 26.1 Å². The molecule has 0 unspecified atom stereocenters. The van der Waals surface area contributed by atoms with Gasteiger partial charge < -0.3 is 14.8 Å². The number of benzene rings is 1. The molecular formula is C23H28N6O3. The third kappa shape index (κ3) is 4.42. The van der Waals surface area contributed by atoms with E-state index in [4.69, 9.17) is 9.47 Å². The summed E-state index contributed by atoms with van der Waals surface area (Å²) in [7, 11) is 1.69. The first kappa shape index (κ1) is 21.7. The zero-order valence-electron chi connectivity index (χ0n) is 18.8. The monoisotopic (exact) mass is 436 g/mol. The molecule has 0 saturated carbocycles. The highest BCUT2D eigenvalue weighted by Gasteiger charge is 2.38. The average molecular weight is 437 g/mol. The van der Waals surface area contributed by atoms with Crippen molar-refractivity contribution in [1.29, 1.82) is 0 Å². The minimum absolute atomic E-state index is 0.100. The van der Waals surface area contributed by atoms with E-state index < -0.39 is 6.09 Å². The van der Waals surface area contributed by atoms with Gasteiger partial charge >= 0.3 is 6.09 Å². The van der Waals surface area contributed by atoms with Crippen molar-refractivity contribution in [2.45, 2.75) is 46.2 Å². The van der Waals surface area contributed by atoms with E-state index >= 15 is 0 Å². The molecule has 1 amide bonds. The molecule has 4 rings (SSSR count). The summed E-state index contributed by atoms with van der Waals surface area (Å²) in [5.74, 6) is 1.76. The van der Waals surface area contributed by atoms with Crippen molar-refractivity contribution < 1.29 is 14.3 Å². The molecule has 9 nitrogen and oxygen atoms in total. The number of fused-ring (bicyclic) bond motifs is 1. The highest BCUT2D eigenvalue weighted by molar-refractivity contribution is 5.88. The molecule has 1 N–H and O–H groups in total. The number of methoxy groups -OCH3 is 1. The van der Waals surface area contributed by atoms with Crippen molar-refractivity contribution in [3.8, 4) is 5.75 Å². The largest absolute Gasteiger partial charge is 0.496 e. The first-order valence-corrected chi connectivity index (χ1v) is 10.8. The van der Waals surface area contributed by atoms with Gasteiger partial charge in [-0.1, -0.05) is 27.2 Å². The van der Waals surface area contributed by atoms with Crippen molar-refractivity contribution in [2.75, 3.05) is 23.9 Å². The normalized spacial score (nSPS) is 16.0. The van der Waals surface area contributed by atoms with Crippen LogP contribution in [0.15, 0.2) is 30.7 Å². The van der Waals surface area contributed by atoms with Gasteiger partial charge in [-0.2, -0.15) is 4.98 Å². The number of hydrogen-bond donors (Lipinski definition) is 1. The number of aryl methyl sites for hydroxylation is 1. The van der Waals surface area contributed by atoms with E-state index in [0.717, 1.165) is 35.1 Å². The Morgan fingerprint density at radius 1 is 1.25 bits per heavy atom. The van der Waals surface area contributed by atoms with Gasteiger partial charge in [-0.05, 0) is 35.6 Å². The standard InChI is InChI=1S/C23H28N6O3/c1-5-6-16-8-17-7-15(10-24-18(17)9-20(16)31-4)11-25-21-26-13-27-22(28-21)29-19(14(2)3)12-32-23(29)30/h7-10,13-14,19H,5-6,11-12H2,1-4H3,(H,25,26,27,28)/t19-/m1/s1. The topological polar surface area (TPSA) is 102 Å². The summed E-state index contributed by atoms with van der Waals surface area (Å²) in [5.41, 5.74) is 3.06. The van der Waals surface area contributed by atoms with Crippen LogP contribution in [0, 0.1) is 5.92 Å². The van der Waals surface area contributed by atoms with Gasteiger partial charge in [-0.3, -0.25) is 4.98 Å². The predicted molar refractivity (Wildman–Crippen MR) is 122 cm³/mol. The SMILES string of the molecule is CCCc1cc2cc(CNc3ncnc(N4C(=O)OC[C@@H]4C(C)C)n3)cnc2cc1OC. The van der Waals surface area contributed by atoms with Gasteiger partial charge in [0.25, 0.3) is 0 Å². The number of aromatic nitrogens is 4. The van der Waals surface area contributed by atoms with Crippen molar-refractivity contribution in [3.63, 3.8) is 0 Å². The van der Waals surface area contributed by atoms with Gasteiger partial charge in [-0.15, -0.1) is 0 Å². The van der Waals surface area contributed by atoms with Crippen LogP contribution in [0.3, 0.4) is 0 Å². The van der Waals surface area contributed by atoms with Crippen LogP contribution >= 0.6 is 0 Å². The second-order valence-corrected chi connectivity index (χ2v) is 8.17. The quantitative estimate of drug-likeness (QED) is 0.566. The smallest absolute Gasteiger partial charge is 0.417 e. The Morgan fingerprint density at radius 2 is 2.09 bits per heavy atom. The lowest BCUT2D eigenvalue weighted by Gasteiger charge is -2.22. The number of anilines is 2. The number of pyridine rings is 1. The van der Waals surface area contributed by atoms with Gasteiger partial charge in [0.15, 0.2) is 0 Å².